The summed E-state index contributed by atoms with van der Waals surface area (Å²) < 4.78 is 15.3. The average Bonchev–Trinajstić information content (AvgIpc) is 2.44. The van der Waals surface area contributed by atoms with Crippen LogP contribution in [0.4, 0.5) is 0 Å². The fourth-order valence-electron chi connectivity index (χ4n) is 2.11. The molecule has 5 nitrogen and oxygen atoms in total. The van der Waals surface area contributed by atoms with Crippen molar-refractivity contribution in [2.24, 2.45) is 0 Å². The summed E-state index contributed by atoms with van der Waals surface area (Å²) in [6.07, 6.45) is 0. The van der Waals surface area contributed by atoms with E-state index in [1.54, 1.807) is 28.1 Å². The highest BCUT2D eigenvalue weighted by Crippen LogP contribution is 2.30. The minimum atomic E-state index is -0.779. The molecule has 1 unspecified atom stereocenters. The van der Waals surface area contributed by atoms with Gasteiger partial charge >= 0.3 is 5.97 Å². The monoisotopic (exact) mass is 281 g/mol. The summed E-state index contributed by atoms with van der Waals surface area (Å²) in [7, 11) is 4.59. The number of benzene rings is 1. The van der Waals surface area contributed by atoms with E-state index in [-0.39, 0.29) is 12.0 Å². The maximum Gasteiger partial charge on any atom is 0.325 e. The first-order valence-electron chi connectivity index (χ1n) is 6.43. The molecule has 0 radical (unpaired) electrons. The summed E-state index contributed by atoms with van der Waals surface area (Å²) in [4.78, 5) is 11.7. The van der Waals surface area contributed by atoms with Crippen molar-refractivity contribution < 1.29 is 19.0 Å². The van der Waals surface area contributed by atoms with Crippen LogP contribution in [0.15, 0.2) is 18.2 Å². The average molecular weight is 281 g/mol. The number of rotatable bonds is 6. The molecule has 112 valence electrons. The number of methoxy groups -OCH3 is 3. The summed E-state index contributed by atoms with van der Waals surface area (Å²) >= 11 is 0. The van der Waals surface area contributed by atoms with Gasteiger partial charge in [-0.05, 0) is 26.8 Å². The van der Waals surface area contributed by atoms with Crippen molar-refractivity contribution in [1.29, 1.82) is 0 Å². The largest absolute Gasteiger partial charge is 0.497 e. The minimum absolute atomic E-state index is 0.0787. The number of hydrogen-bond acceptors (Lipinski definition) is 5. The zero-order valence-corrected chi connectivity index (χ0v) is 12.9. The molecular weight excluding hydrogens is 258 g/mol. The zero-order valence-electron chi connectivity index (χ0n) is 12.9. The van der Waals surface area contributed by atoms with Crippen molar-refractivity contribution >= 4 is 5.97 Å². The maximum atomic E-state index is 11.7. The Hall–Kier alpha value is -1.75. The minimum Gasteiger partial charge on any atom is -0.497 e. The molecule has 1 aromatic rings. The molecule has 0 aliphatic heterocycles. The number of carbonyl (C=O) groups is 1. The molecule has 20 heavy (non-hydrogen) atoms. The molecule has 0 heterocycles. The van der Waals surface area contributed by atoms with E-state index in [1.807, 2.05) is 25.1 Å². The number of esters is 1. The van der Waals surface area contributed by atoms with Gasteiger partial charge in [-0.3, -0.25) is 10.1 Å². The Kier molecular flexibility index (Phi) is 5.39. The van der Waals surface area contributed by atoms with Crippen molar-refractivity contribution in [2.75, 3.05) is 21.3 Å². The van der Waals surface area contributed by atoms with Crippen LogP contribution >= 0.6 is 0 Å². The Morgan fingerprint density at radius 3 is 2.35 bits per heavy atom. The first-order chi connectivity index (χ1) is 9.35. The van der Waals surface area contributed by atoms with E-state index in [0.29, 0.717) is 5.75 Å². The smallest absolute Gasteiger partial charge is 0.325 e. The summed E-state index contributed by atoms with van der Waals surface area (Å²) in [5.41, 5.74) is 0.171. The Bertz CT molecular complexity index is 471. The molecule has 1 atom stereocenters. The van der Waals surface area contributed by atoms with Crippen molar-refractivity contribution in [3.8, 4) is 11.5 Å². The number of ether oxygens (including phenoxy) is 3. The lowest BCUT2D eigenvalue weighted by Gasteiger charge is -2.28. The standard InChI is InChI=1S/C15H23NO4/c1-10(16-15(2,3)14(17)20-6)12-8-7-11(18-4)9-13(12)19-5/h7-10,16H,1-6H3. The second-order valence-electron chi connectivity index (χ2n) is 5.09. The van der Waals surface area contributed by atoms with Crippen molar-refractivity contribution in [1.82, 2.24) is 5.32 Å². The highest BCUT2D eigenvalue weighted by molar-refractivity contribution is 5.79. The maximum absolute atomic E-state index is 11.7. The van der Waals surface area contributed by atoms with Gasteiger partial charge in [0.2, 0.25) is 0 Å². The van der Waals surface area contributed by atoms with Crippen molar-refractivity contribution in [2.45, 2.75) is 32.4 Å². The van der Waals surface area contributed by atoms with Crippen LogP contribution in [-0.2, 0) is 9.53 Å². The molecule has 1 rings (SSSR count). The van der Waals surface area contributed by atoms with Crippen LogP contribution in [0.5, 0.6) is 11.5 Å². The molecule has 0 bridgehead atoms. The molecule has 0 saturated carbocycles. The van der Waals surface area contributed by atoms with Gasteiger partial charge in [0.05, 0.1) is 21.3 Å². The third-order valence-electron chi connectivity index (χ3n) is 3.18. The Morgan fingerprint density at radius 1 is 1.20 bits per heavy atom. The third-order valence-corrected chi connectivity index (χ3v) is 3.18. The van der Waals surface area contributed by atoms with Crippen LogP contribution in [0.25, 0.3) is 0 Å². The van der Waals surface area contributed by atoms with E-state index in [0.717, 1.165) is 11.3 Å². The quantitative estimate of drug-likeness (QED) is 0.811. The summed E-state index contributed by atoms with van der Waals surface area (Å²) in [6.45, 7) is 5.53. The zero-order chi connectivity index (χ0) is 15.3. The molecule has 5 heteroatoms. The molecule has 0 spiro atoms. The fraction of sp³-hybridized carbons (Fsp3) is 0.533. The molecular formula is C15H23NO4. The van der Waals surface area contributed by atoms with E-state index >= 15 is 0 Å². The third kappa shape index (κ3) is 3.63. The topological polar surface area (TPSA) is 56.8 Å². The second-order valence-corrected chi connectivity index (χ2v) is 5.09. The Balaban J connectivity index is 2.97. The van der Waals surface area contributed by atoms with Crippen LogP contribution < -0.4 is 14.8 Å². The molecule has 0 aliphatic carbocycles. The highest BCUT2D eigenvalue weighted by atomic mass is 16.5. The van der Waals surface area contributed by atoms with Gasteiger partial charge in [-0.15, -0.1) is 0 Å². The lowest BCUT2D eigenvalue weighted by atomic mass is 10.0. The predicted molar refractivity (Wildman–Crippen MR) is 77.2 cm³/mol. The van der Waals surface area contributed by atoms with Crippen molar-refractivity contribution in [3.63, 3.8) is 0 Å². The van der Waals surface area contributed by atoms with E-state index < -0.39 is 5.54 Å². The summed E-state index contributed by atoms with van der Waals surface area (Å²) in [6, 6.07) is 5.52. The van der Waals surface area contributed by atoms with Gasteiger partial charge in [-0.2, -0.15) is 0 Å². The van der Waals surface area contributed by atoms with Gasteiger partial charge in [0.15, 0.2) is 0 Å². The number of nitrogens with one attached hydrogen (secondary N) is 1. The molecule has 1 N–H and O–H groups in total. The molecule has 0 aromatic heterocycles. The molecule has 0 aliphatic rings. The molecule has 0 amide bonds. The van der Waals surface area contributed by atoms with E-state index in [1.165, 1.54) is 7.11 Å². The first-order valence-corrected chi connectivity index (χ1v) is 6.43. The SMILES string of the molecule is COC(=O)C(C)(C)NC(C)c1ccc(OC)cc1OC. The van der Waals surface area contributed by atoms with Crippen LogP contribution in [0.2, 0.25) is 0 Å². The van der Waals surface area contributed by atoms with Gasteiger partial charge in [-0.1, -0.05) is 6.07 Å². The van der Waals surface area contributed by atoms with Crippen LogP contribution in [0.3, 0.4) is 0 Å². The summed E-state index contributed by atoms with van der Waals surface area (Å²) in [5.74, 6) is 1.13. The molecule has 0 saturated heterocycles. The van der Waals surface area contributed by atoms with E-state index in [2.05, 4.69) is 5.32 Å². The van der Waals surface area contributed by atoms with Gasteiger partial charge in [0.1, 0.15) is 17.0 Å². The van der Waals surface area contributed by atoms with Gasteiger partial charge in [0, 0.05) is 17.7 Å². The van der Waals surface area contributed by atoms with Crippen LogP contribution in [0.1, 0.15) is 32.4 Å². The van der Waals surface area contributed by atoms with Crippen LogP contribution in [-0.4, -0.2) is 32.8 Å². The van der Waals surface area contributed by atoms with Gasteiger partial charge in [0.25, 0.3) is 0 Å². The van der Waals surface area contributed by atoms with E-state index in [9.17, 15) is 4.79 Å². The lowest BCUT2D eigenvalue weighted by molar-refractivity contribution is -0.147. The van der Waals surface area contributed by atoms with Gasteiger partial charge < -0.3 is 14.2 Å². The van der Waals surface area contributed by atoms with Gasteiger partial charge in [-0.25, -0.2) is 0 Å². The molecule has 1 aromatic carbocycles. The molecule has 0 fully saturated rings. The fourth-order valence-corrected chi connectivity index (χ4v) is 2.11. The van der Waals surface area contributed by atoms with E-state index in [4.69, 9.17) is 14.2 Å². The second kappa shape index (κ2) is 6.61. The number of carbonyl (C=O) groups excluding carboxylic acids is 1. The Morgan fingerprint density at radius 2 is 1.85 bits per heavy atom. The van der Waals surface area contributed by atoms with Crippen molar-refractivity contribution in [3.05, 3.63) is 23.8 Å². The van der Waals surface area contributed by atoms with Crippen LogP contribution in [0, 0.1) is 0 Å². The lowest BCUT2D eigenvalue weighted by Crippen LogP contribution is -2.48. The highest BCUT2D eigenvalue weighted by Gasteiger charge is 2.31. The summed E-state index contributed by atoms with van der Waals surface area (Å²) in [5, 5.41) is 3.24. The number of hydrogen-bond donors (Lipinski definition) is 1. The first kappa shape index (κ1) is 16.3. The Labute approximate surface area is 120 Å². The normalized spacial score (nSPS) is 12.7. The predicted octanol–water partition coefficient (Wildman–Crippen LogP) is 2.31.